The molecule has 0 amide bonds. The van der Waals surface area contributed by atoms with Crippen molar-refractivity contribution in [2.45, 2.75) is 32.2 Å². The van der Waals surface area contributed by atoms with Gasteiger partial charge in [0.25, 0.3) is 0 Å². The summed E-state index contributed by atoms with van der Waals surface area (Å²) in [7, 11) is 0. The molecule has 1 atom stereocenters. The predicted molar refractivity (Wildman–Crippen MR) is 84.0 cm³/mol. The molecule has 2 N–H and O–H groups in total. The summed E-state index contributed by atoms with van der Waals surface area (Å²) in [6.07, 6.45) is 3.23. The molecule has 2 aromatic carbocycles. The van der Waals surface area contributed by atoms with Gasteiger partial charge in [-0.05, 0) is 61.1 Å². The standard InChI is InChI=1S/C18H19NO2/c1-12-10-15(18(20)21)7-9-17(12)19-16-8-6-13-4-2-3-5-14(13)11-16/h2-5,7,9-10,16,19H,6,8,11H2,1H3,(H,20,21). The average molecular weight is 281 g/mol. The lowest BCUT2D eigenvalue weighted by molar-refractivity contribution is 0.0697. The molecular weight excluding hydrogens is 262 g/mol. The summed E-state index contributed by atoms with van der Waals surface area (Å²) < 4.78 is 0. The van der Waals surface area contributed by atoms with Crippen molar-refractivity contribution in [3.8, 4) is 0 Å². The second-order valence-electron chi connectivity index (χ2n) is 5.69. The van der Waals surface area contributed by atoms with E-state index in [2.05, 4.69) is 29.6 Å². The second kappa shape index (κ2) is 5.60. The van der Waals surface area contributed by atoms with Crippen LogP contribution < -0.4 is 5.32 Å². The first kappa shape index (κ1) is 13.7. The van der Waals surface area contributed by atoms with E-state index in [1.54, 1.807) is 12.1 Å². The maximum Gasteiger partial charge on any atom is 0.335 e. The van der Waals surface area contributed by atoms with E-state index in [0.29, 0.717) is 11.6 Å². The summed E-state index contributed by atoms with van der Waals surface area (Å²) >= 11 is 0. The number of carbonyl (C=O) groups is 1. The fourth-order valence-electron chi connectivity index (χ4n) is 3.00. The van der Waals surface area contributed by atoms with Gasteiger partial charge in [0.15, 0.2) is 0 Å². The zero-order chi connectivity index (χ0) is 14.8. The summed E-state index contributed by atoms with van der Waals surface area (Å²) in [6, 6.07) is 14.3. The van der Waals surface area contributed by atoms with Gasteiger partial charge in [0.05, 0.1) is 5.56 Å². The first-order chi connectivity index (χ1) is 10.1. The normalized spacial score (nSPS) is 17.1. The quantitative estimate of drug-likeness (QED) is 0.902. The van der Waals surface area contributed by atoms with Crippen LogP contribution >= 0.6 is 0 Å². The number of hydrogen-bond acceptors (Lipinski definition) is 2. The van der Waals surface area contributed by atoms with E-state index in [1.807, 2.05) is 13.0 Å². The lowest BCUT2D eigenvalue weighted by Crippen LogP contribution is -2.27. The first-order valence-corrected chi connectivity index (χ1v) is 7.31. The van der Waals surface area contributed by atoms with Gasteiger partial charge in [-0.1, -0.05) is 24.3 Å². The number of fused-ring (bicyclic) bond motifs is 1. The molecule has 3 nitrogen and oxygen atoms in total. The summed E-state index contributed by atoms with van der Waals surface area (Å²) in [5, 5.41) is 12.6. The van der Waals surface area contributed by atoms with Gasteiger partial charge in [0.2, 0.25) is 0 Å². The number of rotatable bonds is 3. The lowest BCUT2D eigenvalue weighted by Gasteiger charge is -2.27. The highest BCUT2D eigenvalue weighted by Crippen LogP contribution is 2.25. The van der Waals surface area contributed by atoms with Crippen molar-refractivity contribution < 1.29 is 9.90 Å². The van der Waals surface area contributed by atoms with Crippen molar-refractivity contribution in [1.82, 2.24) is 0 Å². The maximum atomic E-state index is 11.0. The Labute approximate surface area is 124 Å². The van der Waals surface area contributed by atoms with E-state index in [-0.39, 0.29) is 0 Å². The van der Waals surface area contributed by atoms with Gasteiger partial charge in [-0.15, -0.1) is 0 Å². The van der Waals surface area contributed by atoms with Gasteiger partial charge in [0.1, 0.15) is 0 Å². The molecule has 0 radical (unpaired) electrons. The van der Waals surface area contributed by atoms with Crippen molar-refractivity contribution in [1.29, 1.82) is 0 Å². The van der Waals surface area contributed by atoms with Gasteiger partial charge >= 0.3 is 5.97 Å². The Hall–Kier alpha value is -2.29. The molecule has 2 aromatic rings. The molecule has 0 aromatic heterocycles. The maximum absolute atomic E-state index is 11.0. The Morgan fingerprint density at radius 1 is 1.19 bits per heavy atom. The number of hydrogen-bond donors (Lipinski definition) is 2. The molecule has 0 fully saturated rings. The molecule has 1 unspecified atom stereocenters. The fourth-order valence-corrected chi connectivity index (χ4v) is 3.00. The second-order valence-corrected chi connectivity index (χ2v) is 5.69. The van der Waals surface area contributed by atoms with Crippen LogP contribution in [0.3, 0.4) is 0 Å². The number of nitrogens with one attached hydrogen (secondary N) is 1. The smallest absolute Gasteiger partial charge is 0.335 e. The molecule has 0 spiro atoms. The minimum Gasteiger partial charge on any atom is -0.478 e. The van der Waals surface area contributed by atoms with E-state index in [9.17, 15) is 4.79 Å². The monoisotopic (exact) mass is 281 g/mol. The Morgan fingerprint density at radius 3 is 2.67 bits per heavy atom. The molecule has 3 heteroatoms. The van der Waals surface area contributed by atoms with Crippen molar-refractivity contribution in [2.24, 2.45) is 0 Å². The average Bonchev–Trinajstić information content (AvgIpc) is 2.49. The third-order valence-electron chi connectivity index (χ3n) is 4.18. The molecule has 1 aliphatic rings. The minimum atomic E-state index is -0.878. The molecule has 0 aliphatic heterocycles. The zero-order valence-corrected chi connectivity index (χ0v) is 12.1. The molecule has 21 heavy (non-hydrogen) atoms. The largest absolute Gasteiger partial charge is 0.478 e. The number of anilines is 1. The topological polar surface area (TPSA) is 49.3 Å². The highest BCUT2D eigenvalue weighted by molar-refractivity contribution is 5.88. The molecule has 3 rings (SSSR count). The van der Waals surface area contributed by atoms with Gasteiger partial charge in [-0.25, -0.2) is 4.79 Å². The Morgan fingerprint density at radius 2 is 1.95 bits per heavy atom. The minimum absolute atomic E-state index is 0.340. The van der Waals surface area contributed by atoms with Crippen molar-refractivity contribution in [3.63, 3.8) is 0 Å². The van der Waals surface area contributed by atoms with Crippen LogP contribution in [0.5, 0.6) is 0 Å². The van der Waals surface area contributed by atoms with Crippen molar-refractivity contribution >= 4 is 11.7 Å². The van der Waals surface area contributed by atoms with E-state index < -0.39 is 5.97 Å². The summed E-state index contributed by atoms with van der Waals surface area (Å²) in [6.45, 7) is 1.95. The molecule has 1 aliphatic carbocycles. The van der Waals surface area contributed by atoms with Crippen LogP contribution in [0.15, 0.2) is 42.5 Å². The highest BCUT2D eigenvalue weighted by Gasteiger charge is 2.18. The van der Waals surface area contributed by atoms with Crippen LogP contribution in [-0.2, 0) is 12.8 Å². The number of carboxylic acid groups (broad SMARTS) is 1. The van der Waals surface area contributed by atoms with Crippen LogP contribution in [0.1, 0.15) is 33.5 Å². The van der Waals surface area contributed by atoms with E-state index in [4.69, 9.17) is 5.11 Å². The molecule has 0 saturated heterocycles. The number of aryl methyl sites for hydroxylation is 2. The molecule has 108 valence electrons. The Bertz CT molecular complexity index is 679. The Kier molecular flexibility index (Phi) is 3.65. The van der Waals surface area contributed by atoms with E-state index in [0.717, 1.165) is 30.5 Å². The number of benzene rings is 2. The van der Waals surface area contributed by atoms with Crippen LogP contribution in [0.4, 0.5) is 5.69 Å². The van der Waals surface area contributed by atoms with Gasteiger partial charge in [-0.2, -0.15) is 0 Å². The number of carboxylic acids is 1. The van der Waals surface area contributed by atoms with E-state index >= 15 is 0 Å². The first-order valence-electron chi connectivity index (χ1n) is 7.31. The number of aromatic carboxylic acids is 1. The fraction of sp³-hybridized carbons (Fsp3) is 0.278. The zero-order valence-electron chi connectivity index (χ0n) is 12.1. The van der Waals surface area contributed by atoms with Crippen LogP contribution in [0.25, 0.3) is 0 Å². The summed E-state index contributed by atoms with van der Waals surface area (Å²) in [5.74, 6) is -0.878. The molecule has 0 bridgehead atoms. The summed E-state index contributed by atoms with van der Waals surface area (Å²) in [5.41, 5.74) is 5.22. The van der Waals surface area contributed by atoms with Crippen LogP contribution in [0.2, 0.25) is 0 Å². The van der Waals surface area contributed by atoms with Gasteiger partial charge in [0, 0.05) is 11.7 Å². The highest BCUT2D eigenvalue weighted by atomic mass is 16.4. The molecular formula is C18H19NO2. The van der Waals surface area contributed by atoms with Gasteiger partial charge in [-0.3, -0.25) is 0 Å². The third kappa shape index (κ3) is 2.92. The Balaban J connectivity index is 1.75. The van der Waals surface area contributed by atoms with E-state index in [1.165, 1.54) is 11.1 Å². The van der Waals surface area contributed by atoms with Crippen LogP contribution in [-0.4, -0.2) is 17.1 Å². The predicted octanol–water partition coefficient (Wildman–Crippen LogP) is 3.66. The third-order valence-corrected chi connectivity index (χ3v) is 4.18. The van der Waals surface area contributed by atoms with Crippen LogP contribution in [0, 0.1) is 6.92 Å². The molecule has 0 saturated carbocycles. The van der Waals surface area contributed by atoms with Crippen molar-refractivity contribution in [3.05, 3.63) is 64.7 Å². The molecule has 0 heterocycles. The summed E-state index contributed by atoms with van der Waals surface area (Å²) in [4.78, 5) is 11.0. The van der Waals surface area contributed by atoms with Gasteiger partial charge < -0.3 is 10.4 Å². The van der Waals surface area contributed by atoms with Crippen molar-refractivity contribution in [2.75, 3.05) is 5.32 Å². The lowest BCUT2D eigenvalue weighted by atomic mass is 9.88. The SMILES string of the molecule is Cc1cc(C(=O)O)ccc1NC1CCc2ccccc2C1.